The predicted molar refractivity (Wildman–Crippen MR) is 72.2 cm³/mol. The molecule has 5 heteroatoms. The fourth-order valence-electron chi connectivity index (χ4n) is 1.98. The Morgan fingerprint density at radius 2 is 2.22 bits per heavy atom. The highest BCUT2D eigenvalue weighted by Crippen LogP contribution is 2.33. The maximum Gasteiger partial charge on any atom is 0.147 e. The lowest BCUT2D eigenvalue weighted by Gasteiger charge is -2.22. The smallest absolute Gasteiger partial charge is 0.147 e. The third-order valence-corrected chi connectivity index (χ3v) is 3.72. The van der Waals surface area contributed by atoms with Crippen LogP contribution in [0.2, 0.25) is 10.2 Å². The summed E-state index contributed by atoms with van der Waals surface area (Å²) in [4.78, 5) is 6.39. The maximum atomic E-state index is 5.99. The largest absolute Gasteiger partial charge is 0.470 e. The molecule has 0 radical (unpaired) electrons. The van der Waals surface area contributed by atoms with E-state index in [-0.39, 0.29) is 0 Å². The Labute approximate surface area is 115 Å². The molecule has 2 aromatic heterocycles. The zero-order valence-corrected chi connectivity index (χ0v) is 11.2. The van der Waals surface area contributed by atoms with E-state index >= 15 is 0 Å². The standard InChI is InChI=1S/C13H12Cl2N2O/c14-12-5-9(6-16-13(12)15)7-17(10-1-2-10)11-3-4-18-8-11/h3-6,8,10H,1-2,7H2. The molecule has 1 fully saturated rings. The van der Waals surface area contributed by atoms with Crippen LogP contribution in [0.4, 0.5) is 5.69 Å². The Morgan fingerprint density at radius 3 is 2.83 bits per heavy atom. The summed E-state index contributed by atoms with van der Waals surface area (Å²) in [6.07, 6.45) is 7.67. The Hall–Kier alpha value is -1.19. The molecule has 3 rings (SSSR count). The van der Waals surface area contributed by atoms with Gasteiger partial charge in [0.15, 0.2) is 0 Å². The van der Waals surface area contributed by atoms with E-state index in [2.05, 4.69) is 9.88 Å². The average molecular weight is 283 g/mol. The van der Waals surface area contributed by atoms with Gasteiger partial charge in [-0.1, -0.05) is 23.2 Å². The minimum absolute atomic E-state index is 0.349. The molecule has 0 N–H and O–H groups in total. The second-order valence-corrected chi connectivity index (χ2v) is 5.22. The van der Waals surface area contributed by atoms with Gasteiger partial charge in [0.25, 0.3) is 0 Å². The van der Waals surface area contributed by atoms with Crippen molar-refractivity contribution < 1.29 is 4.42 Å². The third kappa shape index (κ3) is 2.47. The Bertz CT molecular complexity index is 538. The molecule has 18 heavy (non-hydrogen) atoms. The first-order valence-electron chi connectivity index (χ1n) is 5.83. The second-order valence-electron chi connectivity index (χ2n) is 4.46. The molecule has 0 saturated heterocycles. The van der Waals surface area contributed by atoms with Crippen molar-refractivity contribution in [2.45, 2.75) is 25.4 Å². The zero-order valence-electron chi connectivity index (χ0n) is 9.64. The summed E-state index contributed by atoms with van der Waals surface area (Å²) in [6, 6.07) is 4.44. The summed E-state index contributed by atoms with van der Waals surface area (Å²) in [5.74, 6) is 0. The topological polar surface area (TPSA) is 29.3 Å². The molecule has 0 aliphatic heterocycles. The Morgan fingerprint density at radius 1 is 1.39 bits per heavy atom. The van der Waals surface area contributed by atoms with Gasteiger partial charge in [0.1, 0.15) is 11.4 Å². The second kappa shape index (κ2) is 4.82. The molecule has 0 unspecified atom stereocenters. The van der Waals surface area contributed by atoms with E-state index in [1.165, 1.54) is 12.8 Å². The van der Waals surface area contributed by atoms with Gasteiger partial charge < -0.3 is 9.32 Å². The average Bonchev–Trinajstić information content (AvgIpc) is 3.05. The maximum absolute atomic E-state index is 5.99. The highest BCUT2D eigenvalue weighted by Gasteiger charge is 2.29. The lowest BCUT2D eigenvalue weighted by atomic mass is 10.2. The SMILES string of the molecule is Clc1cc(CN(c2ccoc2)C2CC2)cnc1Cl. The third-order valence-electron chi connectivity index (χ3n) is 3.03. The first-order chi connectivity index (χ1) is 8.74. The van der Waals surface area contributed by atoms with Crippen LogP contribution >= 0.6 is 23.2 Å². The van der Waals surface area contributed by atoms with Crippen LogP contribution in [-0.2, 0) is 6.54 Å². The Kier molecular flexibility index (Phi) is 3.18. The van der Waals surface area contributed by atoms with Crippen LogP contribution in [0.15, 0.2) is 35.3 Å². The van der Waals surface area contributed by atoms with Crippen LogP contribution in [0.25, 0.3) is 0 Å². The van der Waals surface area contributed by atoms with E-state index in [9.17, 15) is 0 Å². The molecule has 0 spiro atoms. The minimum Gasteiger partial charge on any atom is -0.470 e. The van der Waals surface area contributed by atoms with Crippen molar-refractivity contribution in [2.75, 3.05) is 4.90 Å². The zero-order chi connectivity index (χ0) is 12.5. The number of hydrogen-bond acceptors (Lipinski definition) is 3. The normalized spacial score (nSPS) is 14.8. The highest BCUT2D eigenvalue weighted by atomic mass is 35.5. The Balaban J connectivity index is 1.82. The van der Waals surface area contributed by atoms with Crippen LogP contribution < -0.4 is 4.90 Å². The van der Waals surface area contributed by atoms with E-state index < -0.39 is 0 Å². The predicted octanol–water partition coefficient (Wildman–Crippen LogP) is 4.15. The fourth-order valence-corrected chi connectivity index (χ4v) is 2.27. The minimum atomic E-state index is 0.349. The number of hydrogen-bond donors (Lipinski definition) is 0. The summed E-state index contributed by atoms with van der Waals surface area (Å²) in [7, 11) is 0. The molecule has 0 aromatic carbocycles. The quantitative estimate of drug-likeness (QED) is 0.789. The summed E-state index contributed by atoms with van der Waals surface area (Å²) in [6.45, 7) is 0.772. The molecular formula is C13H12Cl2N2O. The van der Waals surface area contributed by atoms with E-state index in [4.69, 9.17) is 27.6 Å². The first kappa shape index (κ1) is 11.9. The molecule has 1 aliphatic carbocycles. The number of furan rings is 1. The lowest BCUT2D eigenvalue weighted by molar-refractivity contribution is 0.565. The molecule has 1 aliphatic rings. The van der Waals surface area contributed by atoms with Crippen LogP contribution in [0.1, 0.15) is 18.4 Å². The molecule has 2 heterocycles. The van der Waals surface area contributed by atoms with Gasteiger partial charge in [-0.15, -0.1) is 0 Å². The van der Waals surface area contributed by atoms with E-state index in [0.717, 1.165) is 17.8 Å². The molecule has 94 valence electrons. The van der Waals surface area contributed by atoms with E-state index in [1.807, 2.05) is 12.1 Å². The van der Waals surface area contributed by atoms with Gasteiger partial charge in [0.05, 0.1) is 17.0 Å². The van der Waals surface area contributed by atoms with Crippen LogP contribution in [0.3, 0.4) is 0 Å². The van der Waals surface area contributed by atoms with Gasteiger partial charge in [-0.2, -0.15) is 0 Å². The number of halogens is 2. The first-order valence-corrected chi connectivity index (χ1v) is 6.58. The fraction of sp³-hybridized carbons (Fsp3) is 0.308. The molecule has 1 saturated carbocycles. The highest BCUT2D eigenvalue weighted by molar-refractivity contribution is 6.41. The molecule has 0 amide bonds. The van der Waals surface area contributed by atoms with Crippen molar-refractivity contribution in [1.82, 2.24) is 4.98 Å². The number of rotatable bonds is 4. The summed E-state index contributed by atoms with van der Waals surface area (Å²) < 4.78 is 5.15. The molecular weight excluding hydrogens is 271 g/mol. The number of pyridine rings is 1. The van der Waals surface area contributed by atoms with Crippen LogP contribution in [0.5, 0.6) is 0 Å². The van der Waals surface area contributed by atoms with Gasteiger partial charge in [-0.3, -0.25) is 0 Å². The molecule has 2 aromatic rings. The summed E-state index contributed by atoms with van der Waals surface area (Å²) in [5.41, 5.74) is 2.15. The monoisotopic (exact) mass is 282 g/mol. The number of anilines is 1. The van der Waals surface area contributed by atoms with Crippen molar-refractivity contribution in [1.29, 1.82) is 0 Å². The van der Waals surface area contributed by atoms with E-state index in [1.54, 1.807) is 18.7 Å². The molecule has 0 atom stereocenters. The summed E-state index contributed by atoms with van der Waals surface area (Å²) >= 11 is 11.8. The van der Waals surface area contributed by atoms with Crippen molar-refractivity contribution in [3.8, 4) is 0 Å². The van der Waals surface area contributed by atoms with Gasteiger partial charge in [-0.05, 0) is 30.5 Å². The van der Waals surface area contributed by atoms with Crippen molar-refractivity contribution in [3.63, 3.8) is 0 Å². The van der Waals surface area contributed by atoms with Gasteiger partial charge in [0.2, 0.25) is 0 Å². The van der Waals surface area contributed by atoms with Gasteiger partial charge >= 0.3 is 0 Å². The lowest BCUT2D eigenvalue weighted by Crippen LogP contribution is -2.24. The number of aromatic nitrogens is 1. The summed E-state index contributed by atoms with van der Waals surface area (Å²) in [5, 5.41) is 0.846. The van der Waals surface area contributed by atoms with Crippen LogP contribution in [-0.4, -0.2) is 11.0 Å². The van der Waals surface area contributed by atoms with Gasteiger partial charge in [0, 0.05) is 18.8 Å². The van der Waals surface area contributed by atoms with Crippen molar-refractivity contribution in [2.24, 2.45) is 0 Å². The molecule has 0 bridgehead atoms. The van der Waals surface area contributed by atoms with E-state index in [0.29, 0.717) is 16.2 Å². The van der Waals surface area contributed by atoms with Crippen LogP contribution in [0, 0.1) is 0 Å². The van der Waals surface area contributed by atoms with Gasteiger partial charge in [-0.25, -0.2) is 4.98 Å². The van der Waals surface area contributed by atoms with Crippen molar-refractivity contribution in [3.05, 3.63) is 46.6 Å². The number of nitrogens with zero attached hydrogens (tertiary/aromatic N) is 2. The van der Waals surface area contributed by atoms with Crippen molar-refractivity contribution >= 4 is 28.9 Å². The molecule has 3 nitrogen and oxygen atoms in total.